The molecular formula is C18H21BrN2O2. The van der Waals surface area contributed by atoms with Crippen LogP contribution in [0.3, 0.4) is 0 Å². The minimum Gasteiger partial charge on any atom is -0.490 e. The highest BCUT2D eigenvalue weighted by molar-refractivity contribution is 9.10. The van der Waals surface area contributed by atoms with E-state index in [1.165, 1.54) is 11.1 Å². The lowest BCUT2D eigenvalue weighted by Gasteiger charge is -2.32. The van der Waals surface area contributed by atoms with Gasteiger partial charge in [-0.3, -0.25) is 4.79 Å². The Balaban J connectivity index is 1.59. The molecule has 0 atom stereocenters. The van der Waals surface area contributed by atoms with Crippen molar-refractivity contribution in [3.8, 4) is 5.75 Å². The summed E-state index contributed by atoms with van der Waals surface area (Å²) >= 11 is 3.36. The summed E-state index contributed by atoms with van der Waals surface area (Å²) in [5, 5.41) is 0. The second kappa shape index (κ2) is 6.79. The number of aromatic amines is 1. The van der Waals surface area contributed by atoms with Crippen molar-refractivity contribution in [1.29, 1.82) is 0 Å². The molecule has 0 spiro atoms. The van der Waals surface area contributed by atoms with Crippen molar-refractivity contribution in [2.75, 3.05) is 13.1 Å². The van der Waals surface area contributed by atoms with Crippen molar-refractivity contribution in [2.24, 2.45) is 0 Å². The van der Waals surface area contributed by atoms with E-state index in [2.05, 4.69) is 46.9 Å². The number of para-hydroxylation sites is 1. The standard InChI is InChI=1S/C18H21BrN2O2/c1-12-4-3-5-13(2)17(12)23-15-6-8-21(9-7-15)18(22)16-10-14(19)11-20-16/h3-5,10-11,15,20H,6-9H2,1-2H3. The van der Waals surface area contributed by atoms with Crippen LogP contribution in [0.2, 0.25) is 0 Å². The maximum atomic E-state index is 12.4. The van der Waals surface area contributed by atoms with Crippen LogP contribution in [0.15, 0.2) is 34.9 Å². The Morgan fingerprint density at radius 2 is 1.91 bits per heavy atom. The molecule has 0 bridgehead atoms. The predicted molar refractivity (Wildman–Crippen MR) is 94.0 cm³/mol. The average molecular weight is 377 g/mol. The van der Waals surface area contributed by atoms with E-state index in [1.807, 2.05) is 17.0 Å². The van der Waals surface area contributed by atoms with Crippen LogP contribution < -0.4 is 4.74 Å². The Labute approximate surface area is 145 Å². The van der Waals surface area contributed by atoms with E-state index >= 15 is 0 Å². The second-order valence-electron chi connectivity index (χ2n) is 6.06. The van der Waals surface area contributed by atoms with Crippen LogP contribution in [0.25, 0.3) is 0 Å². The molecule has 1 aromatic heterocycles. The third-order valence-corrected chi connectivity index (χ3v) is 4.76. The highest BCUT2D eigenvalue weighted by Crippen LogP contribution is 2.26. The topological polar surface area (TPSA) is 45.3 Å². The van der Waals surface area contributed by atoms with Crippen LogP contribution in [0.5, 0.6) is 5.75 Å². The van der Waals surface area contributed by atoms with Crippen LogP contribution in [0.4, 0.5) is 0 Å². The zero-order valence-corrected chi connectivity index (χ0v) is 15.0. The van der Waals surface area contributed by atoms with Gasteiger partial charge in [0, 0.05) is 36.6 Å². The highest BCUT2D eigenvalue weighted by atomic mass is 79.9. The summed E-state index contributed by atoms with van der Waals surface area (Å²) in [6.07, 6.45) is 3.68. The van der Waals surface area contributed by atoms with E-state index in [9.17, 15) is 4.79 Å². The summed E-state index contributed by atoms with van der Waals surface area (Å²) < 4.78 is 7.10. The normalized spacial score (nSPS) is 15.7. The van der Waals surface area contributed by atoms with Crippen molar-refractivity contribution in [2.45, 2.75) is 32.8 Å². The van der Waals surface area contributed by atoms with E-state index in [1.54, 1.807) is 6.20 Å². The molecule has 0 saturated carbocycles. The van der Waals surface area contributed by atoms with Gasteiger partial charge in [-0.25, -0.2) is 0 Å². The maximum Gasteiger partial charge on any atom is 0.270 e. The number of hydrogen-bond acceptors (Lipinski definition) is 2. The number of halogens is 1. The molecule has 5 heteroatoms. The average Bonchev–Trinajstić information content (AvgIpc) is 2.97. The third kappa shape index (κ3) is 3.61. The minimum absolute atomic E-state index is 0.0567. The molecule has 1 amide bonds. The fourth-order valence-corrected chi connectivity index (χ4v) is 3.33. The molecule has 2 aromatic rings. The van der Waals surface area contributed by atoms with Crippen LogP contribution in [-0.2, 0) is 0 Å². The number of likely N-dealkylation sites (tertiary alicyclic amines) is 1. The summed E-state index contributed by atoms with van der Waals surface area (Å²) in [6, 6.07) is 8.02. The Bertz CT molecular complexity index is 683. The minimum atomic E-state index is 0.0567. The van der Waals surface area contributed by atoms with Crippen molar-refractivity contribution < 1.29 is 9.53 Å². The van der Waals surface area contributed by atoms with Gasteiger partial charge in [0.25, 0.3) is 5.91 Å². The van der Waals surface area contributed by atoms with Gasteiger partial charge in [-0.05, 0) is 47.0 Å². The number of H-pyrrole nitrogens is 1. The number of benzene rings is 1. The van der Waals surface area contributed by atoms with Gasteiger partial charge in [-0.2, -0.15) is 0 Å². The summed E-state index contributed by atoms with van der Waals surface area (Å²) in [6.45, 7) is 5.60. The number of nitrogens with zero attached hydrogens (tertiary/aromatic N) is 1. The molecule has 1 aliphatic heterocycles. The van der Waals surface area contributed by atoms with Crippen molar-refractivity contribution in [3.63, 3.8) is 0 Å². The first-order valence-electron chi connectivity index (χ1n) is 7.90. The summed E-state index contributed by atoms with van der Waals surface area (Å²) in [5.41, 5.74) is 2.96. The zero-order valence-electron chi connectivity index (χ0n) is 13.4. The molecule has 1 aromatic carbocycles. The number of carbonyl (C=O) groups excluding carboxylic acids is 1. The van der Waals surface area contributed by atoms with Crippen LogP contribution >= 0.6 is 15.9 Å². The van der Waals surface area contributed by atoms with Gasteiger partial charge in [0.1, 0.15) is 17.5 Å². The Kier molecular flexibility index (Phi) is 4.76. The number of amides is 1. The summed E-state index contributed by atoms with van der Waals surface area (Å²) in [7, 11) is 0. The van der Waals surface area contributed by atoms with Crippen molar-refractivity contribution in [3.05, 3.63) is 51.8 Å². The first-order chi connectivity index (χ1) is 11.0. The number of piperidine rings is 1. The highest BCUT2D eigenvalue weighted by Gasteiger charge is 2.26. The Morgan fingerprint density at radius 3 is 2.48 bits per heavy atom. The Morgan fingerprint density at radius 1 is 1.26 bits per heavy atom. The maximum absolute atomic E-state index is 12.4. The van der Waals surface area contributed by atoms with Crippen LogP contribution in [0, 0.1) is 13.8 Å². The van der Waals surface area contributed by atoms with Crippen molar-refractivity contribution >= 4 is 21.8 Å². The molecule has 0 unspecified atom stereocenters. The molecule has 0 aliphatic carbocycles. The molecular weight excluding hydrogens is 356 g/mol. The first kappa shape index (κ1) is 16.1. The first-order valence-corrected chi connectivity index (χ1v) is 8.70. The molecule has 3 rings (SSSR count). The zero-order chi connectivity index (χ0) is 16.4. The van der Waals surface area contributed by atoms with Gasteiger partial charge >= 0.3 is 0 Å². The van der Waals surface area contributed by atoms with E-state index in [0.717, 1.165) is 36.2 Å². The van der Waals surface area contributed by atoms with Gasteiger partial charge in [0.05, 0.1) is 0 Å². The van der Waals surface area contributed by atoms with E-state index in [0.29, 0.717) is 5.69 Å². The van der Waals surface area contributed by atoms with E-state index < -0.39 is 0 Å². The molecule has 122 valence electrons. The number of carbonyl (C=O) groups is 1. The lowest BCUT2D eigenvalue weighted by molar-refractivity contribution is 0.0588. The summed E-state index contributed by atoms with van der Waals surface area (Å²) in [5.74, 6) is 1.05. The van der Waals surface area contributed by atoms with Crippen LogP contribution in [-0.4, -0.2) is 35.0 Å². The van der Waals surface area contributed by atoms with E-state index in [4.69, 9.17) is 4.74 Å². The van der Waals surface area contributed by atoms with Gasteiger partial charge < -0.3 is 14.6 Å². The van der Waals surface area contributed by atoms with Gasteiger partial charge in [0.2, 0.25) is 0 Å². The number of hydrogen-bond donors (Lipinski definition) is 1. The number of aryl methyl sites for hydroxylation is 2. The second-order valence-corrected chi connectivity index (χ2v) is 6.98. The lowest BCUT2D eigenvalue weighted by atomic mass is 10.1. The van der Waals surface area contributed by atoms with Gasteiger partial charge in [-0.15, -0.1) is 0 Å². The fraction of sp³-hybridized carbons (Fsp3) is 0.389. The number of ether oxygens (including phenoxy) is 1. The van der Waals surface area contributed by atoms with Crippen LogP contribution in [0.1, 0.15) is 34.5 Å². The summed E-state index contributed by atoms with van der Waals surface area (Å²) in [4.78, 5) is 17.3. The number of rotatable bonds is 3. The molecule has 4 nitrogen and oxygen atoms in total. The van der Waals surface area contributed by atoms with Crippen molar-refractivity contribution in [1.82, 2.24) is 9.88 Å². The molecule has 23 heavy (non-hydrogen) atoms. The molecule has 1 fully saturated rings. The Hall–Kier alpha value is -1.75. The van der Waals surface area contributed by atoms with Gasteiger partial charge in [-0.1, -0.05) is 18.2 Å². The third-order valence-electron chi connectivity index (χ3n) is 4.30. The van der Waals surface area contributed by atoms with E-state index in [-0.39, 0.29) is 12.0 Å². The molecule has 0 radical (unpaired) electrons. The molecule has 1 saturated heterocycles. The van der Waals surface area contributed by atoms with Gasteiger partial charge in [0.15, 0.2) is 0 Å². The monoisotopic (exact) mass is 376 g/mol. The number of aromatic nitrogens is 1. The SMILES string of the molecule is Cc1cccc(C)c1OC1CCN(C(=O)c2cc(Br)c[nH]2)CC1. The molecule has 1 aliphatic rings. The molecule has 1 N–H and O–H groups in total. The quantitative estimate of drug-likeness (QED) is 0.876. The fourth-order valence-electron chi connectivity index (χ4n) is 2.99. The smallest absolute Gasteiger partial charge is 0.270 e. The number of nitrogens with one attached hydrogen (secondary N) is 1. The lowest BCUT2D eigenvalue weighted by Crippen LogP contribution is -2.42. The molecule has 2 heterocycles. The predicted octanol–water partition coefficient (Wildman–Crippen LogP) is 4.08. The largest absolute Gasteiger partial charge is 0.490 e.